The molecule has 1 aromatic heterocycles. The van der Waals surface area contributed by atoms with Crippen LogP contribution >= 0.6 is 0 Å². The number of aryl methyl sites for hydroxylation is 1. The van der Waals surface area contributed by atoms with E-state index in [1.54, 1.807) is 11.8 Å². The highest BCUT2D eigenvalue weighted by Gasteiger charge is 2.22. The smallest absolute Gasteiger partial charge is 0.253 e. The van der Waals surface area contributed by atoms with E-state index in [0.717, 1.165) is 48.6 Å². The van der Waals surface area contributed by atoms with Crippen molar-refractivity contribution in [3.8, 4) is 5.88 Å². The summed E-state index contributed by atoms with van der Waals surface area (Å²) < 4.78 is 7.03. The normalized spacial score (nSPS) is 16.4. The van der Waals surface area contributed by atoms with E-state index in [0.29, 0.717) is 5.56 Å². The molecule has 21 heavy (non-hydrogen) atoms. The highest BCUT2D eigenvalue weighted by Crippen LogP contribution is 2.26. The van der Waals surface area contributed by atoms with Crippen LogP contribution in [0.4, 0.5) is 0 Å². The van der Waals surface area contributed by atoms with Crippen molar-refractivity contribution >= 4 is 16.8 Å². The van der Waals surface area contributed by atoms with Crippen molar-refractivity contribution in [2.45, 2.75) is 19.8 Å². The van der Waals surface area contributed by atoms with Crippen molar-refractivity contribution in [3.63, 3.8) is 0 Å². The van der Waals surface area contributed by atoms with Gasteiger partial charge in [0.25, 0.3) is 5.91 Å². The van der Waals surface area contributed by atoms with Crippen LogP contribution in [0.25, 0.3) is 10.9 Å². The van der Waals surface area contributed by atoms with Gasteiger partial charge in [-0.05, 0) is 37.0 Å². The van der Waals surface area contributed by atoms with Crippen molar-refractivity contribution in [1.82, 2.24) is 14.7 Å². The lowest BCUT2D eigenvalue weighted by atomic mass is 9.98. The van der Waals surface area contributed by atoms with Gasteiger partial charge in [-0.15, -0.1) is 0 Å². The number of ether oxygens (including phenoxy) is 1. The standard InChI is InChI=1S/C16H21N3O2/c1-11-6-8-19(9-7-11)15(20)12-4-5-13-14(10-12)17-18(2)16(13)21-3/h4-5,10-11H,6-9H2,1-3H3. The Labute approximate surface area is 124 Å². The third-order valence-corrected chi connectivity index (χ3v) is 4.29. The predicted molar refractivity (Wildman–Crippen MR) is 81.6 cm³/mol. The highest BCUT2D eigenvalue weighted by molar-refractivity contribution is 5.98. The van der Waals surface area contributed by atoms with Gasteiger partial charge in [-0.25, -0.2) is 4.68 Å². The van der Waals surface area contributed by atoms with E-state index in [1.165, 1.54) is 0 Å². The molecule has 5 heteroatoms. The number of hydrogen-bond donors (Lipinski definition) is 0. The fourth-order valence-corrected chi connectivity index (χ4v) is 2.95. The zero-order chi connectivity index (χ0) is 15.0. The summed E-state index contributed by atoms with van der Waals surface area (Å²) in [5.41, 5.74) is 1.50. The molecule has 0 aliphatic carbocycles. The maximum atomic E-state index is 12.6. The Hall–Kier alpha value is -2.04. The Morgan fingerprint density at radius 3 is 2.71 bits per heavy atom. The SMILES string of the molecule is COc1c2ccc(C(=O)N3CCC(C)CC3)cc2nn1C. The van der Waals surface area contributed by atoms with Crippen LogP contribution in [-0.4, -0.2) is 40.8 Å². The second-order valence-corrected chi connectivity index (χ2v) is 5.84. The molecule has 0 atom stereocenters. The monoisotopic (exact) mass is 287 g/mol. The number of hydrogen-bond acceptors (Lipinski definition) is 3. The van der Waals surface area contributed by atoms with Crippen LogP contribution in [-0.2, 0) is 7.05 Å². The second kappa shape index (κ2) is 5.39. The van der Waals surface area contributed by atoms with E-state index in [9.17, 15) is 4.79 Å². The quantitative estimate of drug-likeness (QED) is 0.852. The first-order chi connectivity index (χ1) is 10.1. The number of likely N-dealkylation sites (tertiary alicyclic amines) is 1. The zero-order valence-electron chi connectivity index (χ0n) is 12.8. The first kappa shape index (κ1) is 13.9. The number of benzene rings is 1. The van der Waals surface area contributed by atoms with Gasteiger partial charge in [0.2, 0.25) is 5.88 Å². The van der Waals surface area contributed by atoms with Crippen LogP contribution in [0.1, 0.15) is 30.1 Å². The number of carbonyl (C=O) groups is 1. The largest absolute Gasteiger partial charge is 0.481 e. The third-order valence-electron chi connectivity index (χ3n) is 4.29. The minimum absolute atomic E-state index is 0.105. The molecule has 1 amide bonds. The summed E-state index contributed by atoms with van der Waals surface area (Å²) in [6.45, 7) is 3.95. The van der Waals surface area contributed by atoms with Crippen molar-refractivity contribution in [1.29, 1.82) is 0 Å². The maximum Gasteiger partial charge on any atom is 0.253 e. The average molecular weight is 287 g/mol. The molecule has 2 heterocycles. The number of fused-ring (bicyclic) bond motifs is 1. The summed E-state index contributed by atoms with van der Waals surface area (Å²) in [5, 5.41) is 5.34. The summed E-state index contributed by atoms with van der Waals surface area (Å²) in [5.74, 6) is 1.54. The van der Waals surface area contributed by atoms with Gasteiger partial charge in [-0.2, -0.15) is 5.10 Å². The number of carbonyl (C=O) groups excluding carboxylic acids is 1. The number of methoxy groups -OCH3 is 1. The van der Waals surface area contributed by atoms with Gasteiger partial charge in [0.05, 0.1) is 18.0 Å². The molecule has 0 unspecified atom stereocenters. The van der Waals surface area contributed by atoms with Crippen LogP contribution in [0, 0.1) is 5.92 Å². The highest BCUT2D eigenvalue weighted by atomic mass is 16.5. The molecular formula is C16H21N3O2. The van der Waals surface area contributed by atoms with Crippen molar-refractivity contribution < 1.29 is 9.53 Å². The first-order valence-electron chi connectivity index (χ1n) is 7.40. The fourth-order valence-electron chi connectivity index (χ4n) is 2.95. The van der Waals surface area contributed by atoms with Crippen molar-refractivity contribution in [3.05, 3.63) is 23.8 Å². The van der Waals surface area contributed by atoms with Gasteiger partial charge in [0.1, 0.15) is 0 Å². The lowest BCUT2D eigenvalue weighted by Crippen LogP contribution is -2.37. The Balaban J connectivity index is 1.89. The topological polar surface area (TPSA) is 47.4 Å². The molecule has 1 aromatic carbocycles. The molecule has 0 saturated carbocycles. The number of rotatable bonds is 2. The predicted octanol–water partition coefficient (Wildman–Crippen LogP) is 2.45. The molecule has 3 rings (SSSR count). The van der Waals surface area contributed by atoms with Crippen molar-refractivity contribution in [2.24, 2.45) is 13.0 Å². The van der Waals surface area contributed by atoms with Crippen LogP contribution in [0.15, 0.2) is 18.2 Å². The van der Waals surface area contributed by atoms with Gasteiger partial charge in [-0.3, -0.25) is 4.79 Å². The molecule has 1 fully saturated rings. The molecule has 0 spiro atoms. The minimum Gasteiger partial charge on any atom is -0.481 e. The maximum absolute atomic E-state index is 12.6. The van der Waals surface area contributed by atoms with Gasteiger partial charge >= 0.3 is 0 Å². The van der Waals surface area contributed by atoms with Crippen LogP contribution in [0.2, 0.25) is 0 Å². The van der Waals surface area contributed by atoms with E-state index in [4.69, 9.17) is 4.74 Å². The number of piperidine rings is 1. The molecule has 0 radical (unpaired) electrons. The molecule has 0 N–H and O–H groups in total. The second-order valence-electron chi connectivity index (χ2n) is 5.84. The van der Waals surface area contributed by atoms with E-state index < -0.39 is 0 Å². The Morgan fingerprint density at radius 2 is 2.05 bits per heavy atom. The third kappa shape index (κ3) is 2.48. The van der Waals surface area contributed by atoms with Crippen LogP contribution in [0.3, 0.4) is 0 Å². The molecule has 1 aliphatic heterocycles. The summed E-state index contributed by atoms with van der Waals surface area (Å²) in [4.78, 5) is 14.5. The van der Waals surface area contributed by atoms with E-state index >= 15 is 0 Å². The Morgan fingerprint density at radius 1 is 1.33 bits per heavy atom. The molecule has 5 nitrogen and oxygen atoms in total. The molecule has 112 valence electrons. The molecule has 1 aliphatic rings. The van der Waals surface area contributed by atoms with Crippen LogP contribution in [0.5, 0.6) is 5.88 Å². The van der Waals surface area contributed by atoms with E-state index in [2.05, 4.69) is 12.0 Å². The van der Waals surface area contributed by atoms with Gasteiger partial charge in [0.15, 0.2) is 0 Å². The van der Waals surface area contributed by atoms with Crippen molar-refractivity contribution in [2.75, 3.05) is 20.2 Å². The molecule has 2 aromatic rings. The number of aromatic nitrogens is 2. The minimum atomic E-state index is 0.105. The molecule has 1 saturated heterocycles. The lowest BCUT2D eigenvalue weighted by molar-refractivity contribution is 0.0697. The number of amides is 1. The van der Waals surface area contributed by atoms with Gasteiger partial charge in [-0.1, -0.05) is 6.92 Å². The summed E-state index contributed by atoms with van der Waals surface area (Å²) >= 11 is 0. The van der Waals surface area contributed by atoms with Gasteiger partial charge in [0, 0.05) is 25.7 Å². The average Bonchev–Trinajstić information content (AvgIpc) is 2.81. The van der Waals surface area contributed by atoms with E-state index in [-0.39, 0.29) is 5.91 Å². The fraction of sp³-hybridized carbons (Fsp3) is 0.500. The molecule has 0 bridgehead atoms. The number of nitrogens with zero attached hydrogens (tertiary/aromatic N) is 3. The van der Waals surface area contributed by atoms with Crippen LogP contribution < -0.4 is 4.74 Å². The van der Waals surface area contributed by atoms with Gasteiger partial charge < -0.3 is 9.64 Å². The summed E-state index contributed by atoms with van der Waals surface area (Å²) in [6, 6.07) is 5.64. The Bertz CT molecular complexity index is 669. The van der Waals surface area contributed by atoms with E-state index in [1.807, 2.05) is 30.1 Å². The lowest BCUT2D eigenvalue weighted by Gasteiger charge is -2.30. The first-order valence-corrected chi connectivity index (χ1v) is 7.40. The Kier molecular flexibility index (Phi) is 3.57. The zero-order valence-corrected chi connectivity index (χ0v) is 12.8. The summed E-state index contributed by atoms with van der Waals surface area (Å²) in [6.07, 6.45) is 2.18. The summed E-state index contributed by atoms with van der Waals surface area (Å²) in [7, 11) is 3.47. The molecular weight excluding hydrogens is 266 g/mol.